The number of hydrogen-bond acceptors (Lipinski definition) is 4. The summed E-state index contributed by atoms with van der Waals surface area (Å²) in [6.07, 6.45) is 0.472. The molecule has 1 fully saturated rings. The summed E-state index contributed by atoms with van der Waals surface area (Å²) in [5, 5.41) is 5.77. The Balaban J connectivity index is 2.11. The second kappa shape index (κ2) is 7.37. The zero-order valence-electron chi connectivity index (χ0n) is 16.6. The Morgan fingerprint density at radius 2 is 2.00 bits per heavy atom. The zero-order valence-corrected chi connectivity index (χ0v) is 16.6. The topological polar surface area (TPSA) is 93.4 Å². The first-order chi connectivity index (χ1) is 12.0. The van der Waals surface area contributed by atoms with E-state index in [0.717, 1.165) is 5.56 Å². The van der Waals surface area contributed by atoms with E-state index in [2.05, 4.69) is 10.6 Å². The Morgan fingerprint density at radius 3 is 2.50 bits per heavy atom. The predicted octanol–water partition coefficient (Wildman–Crippen LogP) is 2.60. The maximum atomic E-state index is 12.8. The Hall–Kier alpha value is -1.92. The third kappa shape index (κ3) is 3.62. The van der Waals surface area contributed by atoms with Gasteiger partial charge in [-0.15, -0.1) is 0 Å². The highest BCUT2D eigenvalue weighted by Gasteiger charge is 2.62. The predicted molar refractivity (Wildman–Crippen MR) is 103 cm³/mol. The van der Waals surface area contributed by atoms with Gasteiger partial charge in [-0.1, -0.05) is 13.8 Å². The number of carbonyl (C=O) groups is 2. The van der Waals surface area contributed by atoms with Gasteiger partial charge in [-0.25, -0.2) is 0 Å². The molecule has 0 saturated heterocycles. The van der Waals surface area contributed by atoms with Gasteiger partial charge in [0.15, 0.2) is 0 Å². The van der Waals surface area contributed by atoms with Crippen LogP contribution in [0.4, 0.5) is 5.69 Å². The average Bonchev–Trinajstić information content (AvgIpc) is 2.53. The van der Waals surface area contributed by atoms with Crippen molar-refractivity contribution in [1.82, 2.24) is 5.32 Å². The minimum atomic E-state index is -0.978. The molecule has 1 saturated carbocycles. The van der Waals surface area contributed by atoms with Crippen molar-refractivity contribution in [2.24, 2.45) is 11.1 Å². The third-order valence-electron chi connectivity index (χ3n) is 5.38. The molecule has 1 aromatic rings. The molecule has 0 bridgehead atoms. The van der Waals surface area contributed by atoms with Gasteiger partial charge in [0.05, 0.1) is 6.10 Å². The zero-order chi connectivity index (χ0) is 19.7. The second-order valence-corrected chi connectivity index (χ2v) is 7.95. The van der Waals surface area contributed by atoms with Gasteiger partial charge in [0.2, 0.25) is 5.91 Å². The van der Waals surface area contributed by atoms with E-state index in [-0.39, 0.29) is 24.0 Å². The smallest absolute Gasteiger partial charge is 0.251 e. The van der Waals surface area contributed by atoms with Gasteiger partial charge in [-0.05, 0) is 51.5 Å². The molecular weight excluding hydrogens is 330 g/mol. The minimum Gasteiger partial charge on any atom is -0.378 e. The molecule has 2 atom stereocenters. The van der Waals surface area contributed by atoms with Crippen molar-refractivity contribution in [2.75, 3.05) is 11.9 Å². The standard InChI is InChI=1S/C20H31N3O3/c1-7-26-16-11-20(21,19(16,5)6)18(25)23-14-8-9-15(13(4)10-14)17(24)22-12(2)3/h8-10,12,16H,7,11,21H2,1-6H3,(H,22,24)(H,23,25). The molecule has 2 rings (SSSR count). The van der Waals surface area contributed by atoms with Gasteiger partial charge in [0.25, 0.3) is 5.91 Å². The molecule has 6 nitrogen and oxygen atoms in total. The van der Waals surface area contributed by atoms with Crippen LogP contribution in [0.1, 0.15) is 57.0 Å². The molecule has 2 unspecified atom stereocenters. The number of hydrogen-bond donors (Lipinski definition) is 3. The summed E-state index contributed by atoms with van der Waals surface area (Å²) in [5.74, 6) is -0.345. The number of amides is 2. The van der Waals surface area contributed by atoms with Crippen LogP contribution in [-0.4, -0.2) is 36.1 Å². The summed E-state index contributed by atoms with van der Waals surface area (Å²) in [6.45, 7) is 12.1. The van der Waals surface area contributed by atoms with E-state index in [4.69, 9.17) is 10.5 Å². The fraction of sp³-hybridized carbons (Fsp3) is 0.600. The third-order valence-corrected chi connectivity index (χ3v) is 5.38. The number of anilines is 1. The van der Waals surface area contributed by atoms with Crippen molar-refractivity contribution in [2.45, 2.75) is 65.6 Å². The molecule has 1 aliphatic carbocycles. The lowest BCUT2D eigenvalue weighted by atomic mass is 9.54. The van der Waals surface area contributed by atoms with Crippen LogP contribution in [-0.2, 0) is 9.53 Å². The summed E-state index contributed by atoms with van der Waals surface area (Å²) >= 11 is 0. The molecule has 6 heteroatoms. The number of carbonyl (C=O) groups excluding carboxylic acids is 2. The van der Waals surface area contributed by atoms with E-state index in [1.54, 1.807) is 18.2 Å². The highest BCUT2D eigenvalue weighted by Crippen LogP contribution is 2.50. The van der Waals surface area contributed by atoms with Gasteiger partial charge in [-0.2, -0.15) is 0 Å². The molecule has 144 valence electrons. The van der Waals surface area contributed by atoms with Crippen LogP contribution < -0.4 is 16.4 Å². The Bertz CT molecular complexity index is 700. The van der Waals surface area contributed by atoms with Gasteiger partial charge in [0.1, 0.15) is 5.54 Å². The highest BCUT2D eigenvalue weighted by atomic mass is 16.5. The van der Waals surface area contributed by atoms with Crippen molar-refractivity contribution in [3.05, 3.63) is 29.3 Å². The van der Waals surface area contributed by atoms with Crippen molar-refractivity contribution >= 4 is 17.5 Å². The Labute approximate surface area is 155 Å². The van der Waals surface area contributed by atoms with Crippen LogP contribution in [0.5, 0.6) is 0 Å². The van der Waals surface area contributed by atoms with Crippen molar-refractivity contribution < 1.29 is 14.3 Å². The fourth-order valence-electron chi connectivity index (χ4n) is 3.40. The molecule has 0 aliphatic heterocycles. The maximum absolute atomic E-state index is 12.8. The highest BCUT2D eigenvalue weighted by molar-refractivity contribution is 6.01. The number of benzene rings is 1. The van der Waals surface area contributed by atoms with Crippen molar-refractivity contribution in [3.8, 4) is 0 Å². The first-order valence-electron chi connectivity index (χ1n) is 9.16. The summed E-state index contributed by atoms with van der Waals surface area (Å²) in [4.78, 5) is 25.0. The van der Waals surface area contributed by atoms with E-state index in [1.165, 1.54) is 0 Å². The molecule has 4 N–H and O–H groups in total. The lowest BCUT2D eigenvalue weighted by Gasteiger charge is -2.57. The van der Waals surface area contributed by atoms with E-state index in [9.17, 15) is 9.59 Å². The van der Waals surface area contributed by atoms with E-state index in [0.29, 0.717) is 24.3 Å². The summed E-state index contributed by atoms with van der Waals surface area (Å²) in [6, 6.07) is 5.32. The van der Waals surface area contributed by atoms with Crippen LogP contribution in [0.25, 0.3) is 0 Å². The van der Waals surface area contributed by atoms with Crippen LogP contribution in [0.3, 0.4) is 0 Å². The number of nitrogens with two attached hydrogens (primary N) is 1. The van der Waals surface area contributed by atoms with Gasteiger partial charge in [-0.3, -0.25) is 9.59 Å². The van der Waals surface area contributed by atoms with Crippen molar-refractivity contribution in [1.29, 1.82) is 0 Å². The van der Waals surface area contributed by atoms with Crippen LogP contribution >= 0.6 is 0 Å². The van der Waals surface area contributed by atoms with Gasteiger partial charge in [0, 0.05) is 35.7 Å². The molecule has 0 spiro atoms. The maximum Gasteiger partial charge on any atom is 0.251 e. The van der Waals surface area contributed by atoms with Gasteiger partial charge >= 0.3 is 0 Å². The Morgan fingerprint density at radius 1 is 1.35 bits per heavy atom. The summed E-state index contributed by atoms with van der Waals surface area (Å²) in [5.41, 5.74) is 7.01. The summed E-state index contributed by atoms with van der Waals surface area (Å²) < 4.78 is 5.68. The largest absolute Gasteiger partial charge is 0.378 e. The SMILES string of the molecule is CCOC1CC(N)(C(=O)Nc2ccc(C(=O)NC(C)C)c(C)c2)C1(C)C. The number of ether oxygens (including phenoxy) is 1. The second-order valence-electron chi connectivity index (χ2n) is 7.95. The molecule has 1 aromatic carbocycles. The van der Waals surface area contributed by atoms with E-state index < -0.39 is 11.0 Å². The molecule has 1 aliphatic rings. The lowest BCUT2D eigenvalue weighted by Crippen LogP contribution is -2.74. The van der Waals surface area contributed by atoms with E-state index >= 15 is 0 Å². The van der Waals surface area contributed by atoms with Crippen LogP contribution in [0.2, 0.25) is 0 Å². The molecule has 0 aromatic heterocycles. The monoisotopic (exact) mass is 361 g/mol. The first-order valence-corrected chi connectivity index (χ1v) is 9.16. The molecular formula is C20H31N3O3. The van der Waals surface area contributed by atoms with Crippen molar-refractivity contribution in [3.63, 3.8) is 0 Å². The summed E-state index contributed by atoms with van der Waals surface area (Å²) in [7, 11) is 0. The fourth-order valence-corrected chi connectivity index (χ4v) is 3.40. The first kappa shape index (κ1) is 20.4. The number of nitrogens with one attached hydrogen (secondary N) is 2. The van der Waals surface area contributed by atoms with Crippen LogP contribution in [0, 0.1) is 12.3 Å². The van der Waals surface area contributed by atoms with Crippen LogP contribution in [0.15, 0.2) is 18.2 Å². The molecule has 26 heavy (non-hydrogen) atoms. The minimum absolute atomic E-state index is 0.0212. The average molecular weight is 361 g/mol. The molecule has 0 heterocycles. The molecule has 0 radical (unpaired) electrons. The normalized spacial score (nSPS) is 24.1. The number of rotatable bonds is 6. The number of aryl methyl sites for hydroxylation is 1. The lowest BCUT2D eigenvalue weighted by molar-refractivity contribution is -0.166. The Kier molecular flexibility index (Phi) is 5.78. The van der Waals surface area contributed by atoms with E-state index in [1.807, 2.05) is 41.5 Å². The molecule has 2 amide bonds. The quantitative estimate of drug-likeness (QED) is 0.726. The van der Waals surface area contributed by atoms with Gasteiger partial charge < -0.3 is 21.1 Å².